The van der Waals surface area contributed by atoms with Gasteiger partial charge < -0.3 is 14.2 Å². The number of hydrogen-bond acceptors (Lipinski definition) is 5. The molecule has 0 amide bonds. The monoisotopic (exact) mass is 528 g/mol. The molecular weight excluding hydrogens is 506 g/mol. The van der Waals surface area contributed by atoms with E-state index in [4.69, 9.17) is 42.5 Å². The fourth-order valence-corrected chi connectivity index (χ4v) is 4.04. The minimum Gasteiger partial charge on any atom is -0.497 e. The average molecular weight is 529 g/mol. The number of aromatic nitrogens is 2. The number of rotatable bonds is 9. The zero-order valence-corrected chi connectivity index (χ0v) is 21.1. The Balaban J connectivity index is 1.85. The first-order valence-corrected chi connectivity index (χ1v) is 11.9. The molecule has 36 heavy (non-hydrogen) atoms. The van der Waals surface area contributed by atoms with Gasteiger partial charge in [0.25, 0.3) is 0 Å². The van der Waals surface area contributed by atoms with Crippen LogP contribution in [0, 0.1) is 5.82 Å². The highest BCUT2D eigenvalue weighted by Crippen LogP contribution is 2.33. The molecule has 6 nitrogen and oxygen atoms in total. The minimum absolute atomic E-state index is 0.00610. The van der Waals surface area contributed by atoms with Crippen LogP contribution in [0.1, 0.15) is 18.2 Å². The van der Waals surface area contributed by atoms with E-state index in [1.165, 1.54) is 12.1 Å². The normalized spacial score (nSPS) is 10.8. The maximum Gasteiger partial charge on any atom is 0.310 e. The minimum atomic E-state index is -0.419. The number of methoxy groups -OCH3 is 1. The largest absolute Gasteiger partial charge is 0.497 e. The molecule has 0 saturated carbocycles. The summed E-state index contributed by atoms with van der Waals surface area (Å²) < 4.78 is 31.9. The van der Waals surface area contributed by atoms with E-state index in [0.717, 1.165) is 0 Å². The smallest absolute Gasteiger partial charge is 0.310 e. The second-order valence-corrected chi connectivity index (χ2v) is 8.58. The molecule has 0 saturated heterocycles. The maximum absolute atomic E-state index is 13.8. The standard InChI is InChI=1S/C27H23Cl2FN2O4/c1-3-35-26(33)15-22-24(16-36-25-14-18(28)6-13-23(25)29)31-32(20-9-11-21(34-2)12-10-20)27(22)17-4-7-19(30)8-5-17/h4-14H,3,15-16H2,1-2H3. The third-order valence-corrected chi connectivity index (χ3v) is 5.93. The van der Waals surface area contributed by atoms with E-state index in [9.17, 15) is 9.18 Å². The van der Waals surface area contributed by atoms with E-state index in [-0.39, 0.29) is 25.5 Å². The summed E-state index contributed by atoms with van der Waals surface area (Å²) >= 11 is 12.4. The van der Waals surface area contributed by atoms with Crippen molar-refractivity contribution < 1.29 is 23.4 Å². The van der Waals surface area contributed by atoms with Crippen LogP contribution >= 0.6 is 23.2 Å². The van der Waals surface area contributed by atoms with Crippen LogP contribution in [0.2, 0.25) is 10.0 Å². The number of nitrogens with zero attached hydrogens (tertiary/aromatic N) is 2. The van der Waals surface area contributed by atoms with E-state index >= 15 is 0 Å². The molecule has 0 atom stereocenters. The molecule has 3 aromatic carbocycles. The van der Waals surface area contributed by atoms with Crippen molar-refractivity contribution in [2.24, 2.45) is 0 Å². The lowest BCUT2D eigenvalue weighted by Gasteiger charge is -2.11. The maximum atomic E-state index is 13.8. The van der Waals surface area contributed by atoms with E-state index in [2.05, 4.69) is 0 Å². The van der Waals surface area contributed by atoms with Gasteiger partial charge in [-0.1, -0.05) is 23.2 Å². The van der Waals surface area contributed by atoms with Crippen molar-refractivity contribution >= 4 is 29.2 Å². The predicted octanol–water partition coefficient (Wildman–Crippen LogP) is 6.68. The number of hydrogen-bond donors (Lipinski definition) is 0. The fraction of sp³-hybridized carbons (Fsp3) is 0.185. The molecule has 0 bridgehead atoms. The third-order valence-electron chi connectivity index (χ3n) is 5.39. The van der Waals surface area contributed by atoms with Crippen molar-refractivity contribution in [1.82, 2.24) is 9.78 Å². The van der Waals surface area contributed by atoms with Gasteiger partial charge in [-0.05, 0) is 67.6 Å². The number of benzene rings is 3. The number of carbonyl (C=O) groups is 1. The summed E-state index contributed by atoms with van der Waals surface area (Å²) in [5, 5.41) is 5.65. The van der Waals surface area contributed by atoms with Crippen molar-refractivity contribution in [3.05, 3.63) is 93.8 Å². The Bertz CT molecular complexity index is 1360. The van der Waals surface area contributed by atoms with Gasteiger partial charge in [0.1, 0.15) is 29.6 Å². The van der Waals surface area contributed by atoms with E-state index in [1.54, 1.807) is 61.2 Å². The Kier molecular flexibility index (Phi) is 8.13. The second kappa shape index (κ2) is 11.5. The summed E-state index contributed by atoms with van der Waals surface area (Å²) in [6.07, 6.45) is -0.0569. The fourth-order valence-electron chi connectivity index (χ4n) is 3.70. The second-order valence-electron chi connectivity index (χ2n) is 7.74. The third kappa shape index (κ3) is 5.80. The van der Waals surface area contributed by atoms with Gasteiger partial charge >= 0.3 is 5.97 Å². The van der Waals surface area contributed by atoms with Crippen LogP contribution in [0.25, 0.3) is 16.9 Å². The Hall–Kier alpha value is -3.55. The van der Waals surface area contributed by atoms with E-state index in [1.807, 2.05) is 12.1 Å². The van der Waals surface area contributed by atoms with Crippen LogP contribution in [0.3, 0.4) is 0 Å². The van der Waals surface area contributed by atoms with Crippen LogP contribution in [-0.2, 0) is 22.6 Å². The Labute approximate surface area is 218 Å². The lowest BCUT2D eigenvalue weighted by Crippen LogP contribution is -2.10. The molecular formula is C27H23Cl2FN2O4. The summed E-state index contributed by atoms with van der Waals surface area (Å²) in [6.45, 7) is 1.98. The van der Waals surface area contributed by atoms with E-state index in [0.29, 0.717) is 49.7 Å². The molecule has 0 aliphatic heterocycles. The highest BCUT2D eigenvalue weighted by Gasteiger charge is 2.24. The summed E-state index contributed by atoms with van der Waals surface area (Å²) in [7, 11) is 1.58. The highest BCUT2D eigenvalue weighted by atomic mass is 35.5. The zero-order valence-electron chi connectivity index (χ0n) is 19.6. The molecule has 0 aliphatic rings. The van der Waals surface area contributed by atoms with Gasteiger partial charge in [-0.25, -0.2) is 9.07 Å². The van der Waals surface area contributed by atoms with Crippen LogP contribution in [0.5, 0.6) is 11.5 Å². The molecule has 4 rings (SSSR count). The first-order chi connectivity index (χ1) is 17.4. The van der Waals surface area contributed by atoms with E-state index < -0.39 is 5.97 Å². The van der Waals surface area contributed by atoms with Crippen LogP contribution in [-0.4, -0.2) is 29.5 Å². The van der Waals surface area contributed by atoms with Crippen molar-refractivity contribution in [3.63, 3.8) is 0 Å². The lowest BCUT2D eigenvalue weighted by molar-refractivity contribution is -0.142. The molecule has 1 heterocycles. The summed E-state index contributed by atoms with van der Waals surface area (Å²) in [5.41, 5.74) is 3.09. The molecule has 9 heteroatoms. The highest BCUT2D eigenvalue weighted by molar-refractivity contribution is 6.34. The van der Waals surface area contributed by atoms with Crippen molar-refractivity contribution in [2.45, 2.75) is 20.0 Å². The molecule has 0 unspecified atom stereocenters. The molecule has 4 aromatic rings. The zero-order chi connectivity index (χ0) is 25.7. The topological polar surface area (TPSA) is 62.6 Å². The van der Waals surface area contributed by atoms with Crippen LogP contribution in [0.4, 0.5) is 4.39 Å². The SMILES string of the molecule is CCOC(=O)Cc1c(COc2cc(Cl)ccc2Cl)nn(-c2ccc(OC)cc2)c1-c1ccc(F)cc1. The van der Waals surface area contributed by atoms with Gasteiger partial charge in [-0.3, -0.25) is 4.79 Å². The predicted molar refractivity (Wildman–Crippen MR) is 137 cm³/mol. The van der Waals surface area contributed by atoms with Gasteiger partial charge in [-0.15, -0.1) is 0 Å². The number of esters is 1. The molecule has 0 spiro atoms. The quantitative estimate of drug-likeness (QED) is 0.227. The Morgan fingerprint density at radius 1 is 1.03 bits per heavy atom. The van der Waals surface area contributed by atoms with Gasteiger partial charge in [0.2, 0.25) is 0 Å². The van der Waals surface area contributed by atoms with Crippen molar-refractivity contribution in [3.8, 4) is 28.4 Å². The Morgan fingerprint density at radius 2 is 1.75 bits per heavy atom. The number of halogens is 3. The average Bonchev–Trinajstić information content (AvgIpc) is 3.23. The molecule has 0 N–H and O–H groups in total. The van der Waals surface area contributed by atoms with Crippen LogP contribution in [0.15, 0.2) is 66.7 Å². The Morgan fingerprint density at radius 3 is 2.42 bits per heavy atom. The van der Waals surface area contributed by atoms with Gasteiger partial charge in [0.15, 0.2) is 0 Å². The molecule has 0 aliphatic carbocycles. The first-order valence-electron chi connectivity index (χ1n) is 11.1. The molecule has 1 aromatic heterocycles. The summed E-state index contributed by atoms with van der Waals surface area (Å²) in [6, 6.07) is 18.2. The number of carbonyl (C=O) groups excluding carboxylic acids is 1. The van der Waals surface area contributed by atoms with Gasteiger partial charge in [0.05, 0.1) is 36.5 Å². The van der Waals surface area contributed by atoms with Crippen LogP contribution < -0.4 is 9.47 Å². The first kappa shape index (κ1) is 25.5. The lowest BCUT2D eigenvalue weighted by atomic mass is 10.0. The molecule has 186 valence electrons. The van der Waals surface area contributed by atoms with Crippen molar-refractivity contribution in [2.75, 3.05) is 13.7 Å². The van der Waals surface area contributed by atoms with Gasteiger partial charge in [0, 0.05) is 22.2 Å². The molecule has 0 fully saturated rings. The summed E-state index contributed by atoms with van der Waals surface area (Å²) in [4.78, 5) is 12.6. The number of ether oxygens (including phenoxy) is 3. The van der Waals surface area contributed by atoms with Gasteiger partial charge in [-0.2, -0.15) is 5.10 Å². The van der Waals surface area contributed by atoms with Crippen molar-refractivity contribution in [1.29, 1.82) is 0 Å². The summed E-state index contributed by atoms with van der Waals surface area (Å²) in [5.74, 6) is 0.270. The molecule has 0 radical (unpaired) electrons.